The summed E-state index contributed by atoms with van der Waals surface area (Å²) >= 11 is 1.36. The summed E-state index contributed by atoms with van der Waals surface area (Å²) in [7, 11) is 1.60. The number of likely N-dealkylation sites (tertiary alicyclic amines) is 1. The topological polar surface area (TPSA) is 91.8 Å². The third kappa shape index (κ3) is 2.56. The quantitative estimate of drug-likeness (QED) is 0.883. The molecule has 120 valence electrons. The highest BCUT2D eigenvalue weighted by Gasteiger charge is 2.55. The number of methoxy groups -OCH3 is 1. The lowest BCUT2D eigenvalue weighted by Gasteiger charge is -2.23. The molecule has 1 aliphatic heterocycles. The third-order valence-corrected chi connectivity index (χ3v) is 5.52. The first-order valence-corrected chi connectivity index (χ1v) is 8.10. The van der Waals surface area contributed by atoms with E-state index in [4.69, 9.17) is 4.74 Å². The van der Waals surface area contributed by atoms with Gasteiger partial charge in [-0.2, -0.15) is 0 Å². The summed E-state index contributed by atoms with van der Waals surface area (Å²) in [5, 5.41) is 12.8. The maximum Gasteiger partial charge on any atom is 0.323 e. The molecule has 22 heavy (non-hydrogen) atoms. The number of anilines is 1. The van der Waals surface area contributed by atoms with Crippen molar-refractivity contribution in [3.05, 3.63) is 11.1 Å². The third-order valence-electron chi connectivity index (χ3n) is 4.64. The highest BCUT2D eigenvalue weighted by Crippen LogP contribution is 2.48. The van der Waals surface area contributed by atoms with E-state index in [1.54, 1.807) is 18.2 Å². The van der Waals surface area contributed by atoms with E-state index in [0.717, 1.165) is 17.7 Å². The Morgan fingerprint density at radius 3 is 3.14 bits per heavy atom. The molecule has 0 bridgehead atoms. The predicted octanol–water partition coefficient (Wildman–Crippen LogP) is 2.01. The van der Waals surface area contributed by atoms with Crippen LogP contribution in [0.25, 0.3) is 0 Å². The number of urea groups is 1. The molecule has 2 fully saturated rings. The normalized spacial score (nSPS) is 27.0. The Balaban J connectivity index is 1.65. The number of carboxylic acids is 1. The predicted molar refractivity (Wildman–Crippen MR) is 80.8 cm³/mol. The van der Waals surface area contributed by atoms with Gasteiger partial charge in [-0.25, -0.2) is 9.78 Å². The molecule has 1 saturated carbocycles. The van der Waals surface area contributed by atoms with E-state index in [2.05, 4.69) is 10.3 Å². The Morgan fingerprint density at radius 1 is 1.64 bits per heavy atom. The molecule has 3 rings (SSSR count). The lowest BCUT2D eigenvalue weighted by molar-refractivity contribution is -0.149. The highest BCUT2D eigenvalue weighted by atomic mass is 32.1. The van der Waals surface area contributed by atoms with Crippen molar-refractivity contribution in [3.63, 3.8) is 0 Å². The SMILES string of the molecule is COCc1cnc(NC(=O)N2C[C@@H]3CCC[C@@]3(C(=O)O)C2)s1. The molecule has 2 amide bonds. The number of fused-ring (bicyclic) bond motifs is 1. The number of aromatic nitrogens is 1. The average Bonchev–Trinajstić information content (AvgIpc) is 3.12. The molecule has 2 atom stereocenters. The number of carbonyl (C=O) groups is 2. The number of rotatable bonds is 4. The molecule has 0 radical (unpaired) electrons. The zero-order valence-electron chi connectivity index (χ0n) is 12.4. The van der Waals surface area contributed by atoms with Crippen molar-refractivity contribution in [1.29, 1.82) is 0 Å². The Bertz CT molecular complexity index is 590. The first-order chi connectivity index (χ1) is 10.5. The second-order valence-electron chi connectivity index (χ2n) is 5.93. The van der Waals surface area contributed by atoms with Gasteiger partial charge in [0.05, 0.1) is 16.9 Å². The van der Waals surface area contributed by atoms with Gasteiger partial charge < -0.3 is 14.7 Å². The number of hydrogen-bond donors (Lipinski definition) is 2. The zero-order valence-corrected chi connectivity index (χ0v) is 13.2. The molecule has 2 aliphatic rings. The minimum Gasteiger partial charge on any atom is -0.481 e. The average molecular weight is 325 g/mol. The summed E-state index contributed by atoms with van der Waals surface area (Å²) in [5.74, 6) is -0.710. The number of amides is 2. The molecule has 7 nitrogen and oxygen atoms in total. The summed E-state index contributed by atoms with van der Waals surface area (Å²) < 4.78 is 5.02. The van der Waals surface area contributed by atoms with Crippen LogP contribution in [0.4, 0.5) is 9.93 Å². The zero-order chi connectivity index (χ0) is 15.7. The number of ether oxygens (including phenoxy) is 1. The van der Waals surface area contributed by atoms with Crippen LogP contribution in [-0.2, 0) is 16.1 Å². The van der Waals surface area contributed by atoms with Crippen molar-refractivity contribution < 1.29 is 19.4 Å². The second-order valence-corrected chi connectivity index (χ2v) is 7.04. The highest BCUT2D eigenvalue weighted by molar-refractivity contribution is 7.15. The van der Waals surface area contributed by atoms with Crippen LogP contribution in [-0.4, -0.2) is 47.2 Å². The summed E-state index contributed by atoms with van der Waals surface area (Å²) in [6, 6.07) is -0.270. The molecule has 1 aromatic rings. The first-order valence-electron chi connectivity index (χ1n) is 7.28. The van der Waals surface area contributed by atoms with Crippen LogP contribution in [0.1, 0.15) is 24.1 Å². The van der Waals surface area contributed by atoms with Crippen molar-refractivity contribution in [1.82, 2.24) is 9.88 Å². The van der Waals surface area contributed by atoms with E-state index in [0.29, 0.717) is 24.7 Å². The maximum absolute atomic E-state index is 12.3. The van der Waals surface area contributed by atoms with Crippen LogP contribution in [0.3, 0.4) is 0 Å². The minimum atomic E-state index is -0.776. The van der Waals surface area contributed by atoms with Gasteiger partial charge in [0, 0.05) is 26.4 Å². The molecule has 1 saturated heterocycles. The minimum absolute atomic E-state index is 0.0658. The van der Waals surface area contributed by atoms with E-state index < -0.39 is 11.4 Å². The van der Waals surface area contributed by atoms with Gasteiger partial charge in [0.25, 0.3) is 0 Å². The summed E-state index contributed by atoms with van der Waals surface area (Å²) in [5.41, 5.74) is -0.749. The van der Waals surface area contributed by atoms with Crippen molar-refractivity contribution >= 4 is 28.5 Å². The van der Waals surface area contributed by atoms with Gasteiger partial charge >= 0.3 is 12.0 Å². The molecular formula is C14H19N3O4S. The summed E-state index contributed by atoms with van der Waals surface area (Å²) in [6.07, 6.45) is 4.14. The second kappa shape index (κ2) is 5.85. The van der Waals surface area contributed by atoms with E-state index >= 15 is 0 Å². The van der Waals surface area contributed by atoms with Gasteiger partial charge in [-0.15, -0.1) is 0 Å². The molecule has 0 unspecified atom stereocenters. The van der Waals surface area contributed by atoms with Gasteiger partial charge in [0.1, 0.15) is 0 Å². The van der Waals surface area contributed by atoms with Crippen LogP contribution in [0.15, 0.2) is 6.20 Å². The molecule has 1 aromatic heterocycles. The molecule has 8 heteroatoms. The van der Waals surface area contributed by atoms with E-state index in [-0.39, 0.29) is 18.5 Å². The number of hydrogen-bond acceptors (Lipinski definition) is 5. The molecule has 0 aromatic carbocycles. The number of thiazole rings is 1. The van der Waals surface area contributed by atoms with Gasteiger partial charge in [-0.05, 0) is 18.8 Å². The number of nitrogens with zero attached hydrogens (tertiary/aromatic N) is 2. The first kappa shape index (κ1) is 15.2. The summed E-state index contributed by atoms with van der Waals surface area (Å²) in [4.78, 5) is 30.6. The van der Waals surface area contributed by atoms with Gasteiger partial charge in [-0.3, -0.25) is 10.1 Å². The monoisotopic (exact) mass is 325 g/mol. The van der Waals surface area contributed by atoms with E-state index in [9.17, 15) is 14.7 Å². The van der Waals surface area contributed by atoms with Crippen LogP contribution in [0.2, 0.25) is 0 Å². The number of nitrogens with one attached hydrogen (secondary N) is 1. The number of carboxylic acid groups (broad SMARTS) is 1. The smallest absolute Gasteiger partial charge is 0.323 e. The number of carbonyl (C=O) groups excluding carboxylic acids is 1. The van der Waals surface area contributed by atoms with Gasteiger partial charge in [-0.1, -0.05) is 17.8 Å². The Hall–Kier alpha value is -1.67. The van der Waals surface area contributed by atoms with Crippen LogP contribution in [0.5, 0.6) is 0 Å². The number of aliphatic carboxylic acids is 1. The lowest BCUT2D eigenvalue weighted by atomic mass is 9.81. The molecule has 2 heterocycles. The fraction of sp³-hybridized carbons (Fsp3) is 0.643. The van der Waals surface area contributed by atoms with Crippen LogP contribution in [0, 0.1) is 11.3 Å². The van der Waals surface area contributed by atoms with Crippen molar-refractivity contribution in [2.75, 3.05) is 25.5 Å². The molecule has 1 aliphatic carbocycles. The van der Waals surface area contributed by atoms with Crippen LogP contribution < -0.4 is 5.32 Å². The Morgan fingerprint density at radius 2 is 2.45 bits per heavy atom. The van der Waals surface area contributed by atoms with Gasteiger partial charge in [0.15, 0.2) is 5.13 Å². The van der Waals surface area contributed by atoms with Gasteiger partial charge in [0.2, 0.25) is 0 Å². The fourth-order valence-corrected chi connectivity index (χ4v) is 4.31. The van der Waals surface area contributed by atoms with Crippen molar-refractivity contribution in [3.8, 4) is 0 Å². The molecule has 0 spiro atoms. The Labute approximate surface area is 132 Å². The lowest BCUT2D eigenvalue weighted by Crippen LogP contribution is -2.38. The van der Waals surface area contributed by atoms with Crippen LogP contribution >= 0.6 is 11.3 Å². The maximum atomic E-state index is 12.3. The summed E-state index contributed by atoms with van der Waals surface area (Å²) in [6.45, 7) is 1.25. The Kier molecular flexibility index (Phi) is 4.05. The van der Waals surface area contributed by atoms with Crippen molar-refractivity contribution in [2.45, 2.75) is 25.9 Å². The largest absolute Gasteiger partial charge is 0.481 e. The van der Waals surface area contributed by atoms with E-state index in [1.807, 2.05) is 0 Å². The van der Waals surface area contributed by atoms with E-state index in [1.165, 1.54) is 11.3 Å². The molecule has 2 N–H and O–H groups in total. The van der Waals surface area contributed by atoms with Crippen molar-refractivity contribution in [2.24, 2.45) is 11.3 Å². The standard InChI is InChI=1S/C14H19N3O4S/c1-21-7-10-5-15-12(22-10)16-13(20)17-6-9-3-2-4-14(9,8-17)11(18)19/h5,9H,2-4,6-8H2,1H3,(H,18,19)(H,15,16,20)/t9-,14+/m0/s1. The fourth-order valence-electron chi connectivity index (χ4n) is 3.54. The molecular weight excluding hydrogens is 306 g/mol.